The minimum atomic E-state index is -0.252. The van der Waals surface area contributed by atoms with Gasteiger partial charge in [-0.25, -0.2) is 4.98 Å². The van der Waals surface area contributed by atoms with Crippen molar-refractivity contribution in [3.63, 3.8) is 0 Å². The van der Waals surface area contributed by atoms with Crippen LogP contribution in [0.4, 0.5) is 17.5 Å². The van der Waals surface area contributed by atoms with Gasteiger partial charge in [0.25, 0.3) is 5.56 Å². The van der Waals surface area contributed by atoms with Crippen LogP contribution in [0.25, 0.3) is 33.1 Å². The second-order valence-corrected chi connectivity index (χ2v) is 8.15. The second kappa shape index (κ2) is 8.23. The van der Waals surface area contributed by atoms with Gasteiger partial charge in [0.1, 0.15) is 11.2 Å². The van der Waals surface area contributed by atoms with E-state index in [1.807, 2.05) is 49.6 Å². The van der Waals surface area contributed by atoms with Crippen LogP contribution >= 0.6 is 0 Å². The lowest BCUT2D eigenvalue weighted by molar-refractivity contribution is 0.122. The van der Waals surface area contributed by atoms with E-state index in [4.69, 9.17) is 14.7 Å². The fourth-order valence-corrected chi connectivity index (χ4v) is 4.19. The van der Waals surface area contributed by atoms with E-state index in [1.165, 1.54) is 0 Å². The largest absolute Gasteiger partial charge is 0.378 e. The van der Waals surface area contributed by atoms with Crippen LogP contribution in [0.2, 0.25) is 0 Å². The summed E-state index contributed by atoms with van der Waals surface area (Å²) >= 11 is 0. The number of anilines is 3. The molecule has 0 spiro atoms. The predicted molar refractivity (Wildman–Crippen MR) is 130 cm³/mol. The van der Waals surface area contributed by atoms with Crippen LogP contribution in [0.5, 0.6) is 0 Å². The second-order valence-electron chi connectivity index (χ2n) is 8.15. The molecule has 6 rings (SSSR count). The Bertz CT molecular complexity index is 1550. The molecule has 5 aromatic rings. The molecule has 1 fully saturated rings. The minimum Gasteiger partial charge on any atom is -0.378 e. The van der Waals surface area contributed by atoms with E-state index < -0.39 is 0 Å². The van der Waals surface area contributed by atoms with E-state index in [1.54, 1.807) is 17.1 Å². The Labute approximate surface area is 194 Å². The molecule has 0 atom stereocenters. The average molecular weight is 454 g/mol. The molecule has 0 amide bonds. The molecule has 0 saturated carbocycles. The van der Waals surface area contributed by atoms with Crippen LogP contribution in [0, 0.1) is 0 Å². The summed E-state index contributed by atoms with van der Waals surface area (Å²) in [5, 5.41) is 9.05. The molecule has 0 aliphatic carbocycles. The van der Waals surface area contributed by atoms with Gasteiger partial charge in [-0.1, -0.05) is 6.07 Å². The first-order valence-electron chi connectivity index (χ1n) is 11.0. The molecule has 0 bridgehead atoms. The molecule has 1 aromatic carbocycles. The Morgan fingerprint density at radius 1 is 1.06 bits per heavy atom. The van der Waals surface area contributed by atoms with Crippen molar-refractivity contribution >= 4 is 39.3 Å². The SMILES string of the molecule is Cn1ccc(-c2ccc3[nH]c(=O)c4c(Nc5ccncc5)nc(N5CCOCC5)nc4c3c2)n1. The average Bonchev–Trinajstić information content (AvgIpc) is 3.31. The summed E-state index contributed by atoms with van der Waals surface area (Å²) in [7, 11) is 1.89. The molecule has 1 saturated heterocycles. The molecule has 0 radical (unpaired) electrons. The summed E-state index contributed by atoms with van der Waals surface area (Å²) in [6, 6.07) is 11.5. The van der Waals surface area contributed by atoms with Gasteiger partial charge in [-0.05, 0) is 30.3 Å². The molecule has 10 heteroatoms. The van der Waals surface area contributed by atoms with Crippen molar-refractivity contribution < 1.29 is 4.74 Å². The van der Waals surface area contributed by atoms with Crippen molar-refractivity contribution in [2.45, 2.75) is 0 Å². The summed E-state index contributed by atoms with van der Waals surface area (Å²) in [4.78, 5) is 32.0. The molecule has 0 unspecified atom stereocenters. The van der Waals surface area contributed by atoms with Crippen molar-refractivity contribution in [3.05, 3.63) is 65.3 Å². The highest BCUT2D eigenvalue weighted by Crippen LogP contribution is 2.31. The molecular formula is C24H22N8O2. The Morgan fingerprint density at radius 3 is 2.65 bits per heavy atom. The standard InChI is InChI=1S/C24H22N8O2/c1-31-9-6-18(30-31)15-2-3-19-17(14-15)21-20(23(33)27-19)22(26-16-4-7-25-8-5-16)29-24(28-21)32-10-12-34-13-11-32/h2-9,14H,10-13H2,1H3,(H,27,33)(H,25,26,28,29). The van der Waals surface area contributed by atoms with Gasteiger partial charge in [0.15, 0.2) is 0 Å². The van der Waals surface area contributed by atoms with E-state index in [-0.39, 0.29) is 5.56 Å². The van der Waals surface area contributed by atoms with E-state index in [9.17, 15) is 4.79 Å². The smallest absolute Gasteiger partial charge is 0.261 e. The third-order valence-corrected chi connectivity index (χ3v) is 5.89. The predicted octanol–water partition coefficient (Wildman–Crippen LogP) is 2.85. The van der Waals surface area contributed by atoms with Crippen LogP contribution in [-0.2, 0) is 11.8 Å². The number of rotatable bonds is 4. The van der Waals surface area contributed by atoms with Crippen LogP contribution in [0.3, 0.4) is 0 Å². The highest BCUT2D eigenvalue weighted by molar-refractivity contribution is 6.08. The molecule has 1 aliphatic rings. The Hall–Kier alpha value is -4.31. The number of hydrogen-bond donors (Lipinski definition) is 2. The van der Waals surface area contributed by atoms with E-state index in [2.05, 4.69) is 25.3 Å². The molecular weight excluding hydrogens is 432 g/mol. The van der Waals surface area contributed by atoms with Gasteiger partial charge < -0.3 is 19.9 Å². The highest BCUT2D eigenvalue weighted by atomic mass is 16.5. The van der Waals surface area contributed by atoms with Crippen molar-refractivity contribution in [2.24, 2.45) is 7.05 Å². The van der Waals surface area contributed by atoms with Gasteiger partial charge in [0, 0.05) is 55.4 Å². The van der Waals surface area contributed by atoms with Crippen molar-refractivity contribution in [2.75, 3.05) is 36.5 Å². The van der Waals surface area contributed by atoms with E-state index >= 15 is 0 Å². The minimum absolute atomic E-state index is 0.252. The first-order chi connectivity index (χ1) is 16.7. The Morgan fingerprint density at radius 2 is 1.88 bits per heavy atom. The number of nitrogens with zero attached hydrogens (tertiary/aromatic N) is 6. The third kappa shape index (κ3) is 3.63. The molecule has 2 N–H and O–H groups in total. The van der Waals surface area contributed by atoms with Crippen LogP contribution in [0.1, 0.15) is 0 Å². The number of pyridine rings is 2. The molecule has 10 nitrogen and oxygen atoms in total. The number of aromatic amines is 1. The zero-order valence-corrected chi connectivity index (χ0v) is 18.5. The lowest BCUT2D eigenvalue weighted by Crippen LogP contribution is -2.37. The van der Waals surface area contributed by atoms with Gasteiger partial charge in [-0.15, -0.1) is 0 Å². The number of nitrogens with one attached hydrogen (secondary N) is 2. The highest BCUT2D eigenvalue weighted by Gasteiger charge is 2.20. The summed E-state index contributed by atoms with van der Waals surface area (Å²) in [5.74, 6) is 1.01. The molecule has 4 aromatic heterocycles. The lowest BCUT2D eigenvalue weighted by atomic mass is 10.1. The monoisotopic (exact) mass is 454 g/mol. The number of morpholine rings is 1. The van der Waals surface area contributed by atoms with Crippen LogP contribution in [0.15, 0.2) is 59.8 Å². The maximum absolute atomic E-state index is 13.2. The molecule has 1 aliphatic heterocycles. The lowest BCUT2D eigenvalue weighted by Gasteiger charge is -2.27. The first kappa shape index (κ1) is 20.3. The molecule has 34 heavy (non-hydrogen) atoms. The zero-order chi connectivity index (χ0) is 23.1. The number of H-pyrrole nitrogens is 1. The summed E-state index contributed by atoms with van der Waals surface area (Å²) in [6.07, 6.45) is 5.28. The van der Waals surface area contributed by atoms with E-state index in [0.717, 1.165) is 22.3 Å². The molecule has 170 valence electrons. The number of aryl methyl sites for hydroxylation is 1. The Balaban J connectivity index is 1.61. The van der Waals surface area contributed by atoms with Gasteiger partial charge in [-0.2, -0.15) is 10.1 Å². The third-order valence-electron chi connectivity index (χ3n) is 5.89. The summed E-state index contributed by atoms with van der Waals surface area (Å²) in [6.45, 7) is 2.57. The first-order valence-corrected chi connectivity index (χ1v) is 11.0. The topological polar surface area (TPSA) is 114 Å². The number of hydrogen-bond acceptors (Lipinski definition) is 8. The number of ether oxygens (including phenoxy) is 1. The fraction of sp³-hybridized carbons (Fsp3) is 0.208. The van der Waals surface area contributed by atoms with Crippen molar-refractivity contribution in [3.8, 4) is 11.3 Å². The summed E-state index contributed by atoms with van der Waals surface area (Å²) < 4.78 is 7.27. The number of benzene rings is 1. The van der Waals surface area contributed by atoms with E-state index in [0.29, 0.717) is 54.5 Å². The zero-order valence-electron chi connectivity index (χ0n) is 18.5. The van der Waals surface area contributed by atoms with Gasteiger partial charge in [-0.3, -0.25) is 14.5 Å². The van der Waals surface area contributed by atoms with Crippen molar-refractivity contribution in [1.82, 2.24) is 29.7 Å². The van der Waals surface area contributed by atoms with Gasteiger partial charge >= 0.3 is 0 Å². The fourth-order valence-electron chi connectivity index (χ4n) is 4.19. The quantitative estimate of drug-likeness (QED) is 0.399. The van der Waals surface area contributed by atoms with Crippen molar-refractivity contribution in [1.29, 1.82) is 0 Å². The normalized spacial score (nSPS) is 14.1. The van der Waals surface area contributed by atoms with Crippen LogP contribution < -0.4 is 15.8 Å². The number of fused-ring (bicyclic) bond motifs is 3. The summed E-state index contributed by atoms with van der Waals surface area (Å²) in [5.41, 5.74) is 3.61. The molecule has 5 heterocycles. The number of aromatic nitrogens is 6. The maximum atomic E-state index is 13.2. The maximum Gasteiger partial charge on any atom is 0.261 e. The van der Waals surface area contributed by atoms with Crippen LogP contribution in [-0.4, -0.2) is 56.0 Å². The Kier molecular flexibility index (Phi) is 4.92. The van der Waals surface area contributed by atoms with Gasteiger partial charge in [0.05, 0.1) is 29.9 Å². The van der Waals surface area contributed by atoms with Gasteiger partial charge in [0.2, 0.25) is 5.95 Å².